The van der Waals surface area contributed by atoms with Gasteiger partial charge < -0.3 is 9.47 Å². The van der Waals surface area contributed by atoms with Crippen molar-refractivity contribution in [3.05, 3.63) is 0 Å². The van der Waals surface area contributed by atoms with Gasteiger partial charge in [-0.3, -0.25) is 0 Å². The summed E-state index contributed by atoms with van der Waals surface area (Å²) in [5.41, 5.74) is -0.224. The zero-order chi connectivity index (χ0) is 14.5. The molecule has 0 aromatic rings. The van der Waals surface area contributed by atoms with Gasteiger partial charge in [-0.05, 0) is 12.8 Å². The number of nitrogens with one attached hydrogen (secondary N) is 1. The fraction of sp³-hybridized carbons (Fsp3) is 1.00. The topological polar surface area (TPSA) is 67.9 Å². The predicted octanol–water partition coefficient (Wildman–Crippen LogP) is 0.604. The number of rotatable bonds is 8. The van der Waals surface area contributed by atoms with Crippen LogP contribution in [0.1, 0.15) is 26.7 Å². The second kappa shape index (κ2) is 6.99. The Balaban J connectivity index is 2.60. The minimum absolute atomic E-state index is 0.0481. The van der Waals surface area contributed by atoms with E-state index in [-0.39, 0.29) is 11.5 Å². The van der Waals surface area contributed by atoms with Crippen LogP contribution in [0.5, 0.6) is 0 Å². The molecule has 1 N–H and O–H groups in total. The van der Waals surface area contributed by atoms with Gasteiger partial charge in [-0.25, -0.2) is 4.72 Å². The van der Waals surface area contributed by atoms with E-state index in [1.165, 1.54) is 4.31 Å². The normalized spacial score (nSPS) is 22.0. The van der Waals surface area contributed by atoms with Crippen LogP contribution >= 0.6 is 0 Å². The minimum Gasteiger partial charge on any atom is -0.384 e. The molecule has 0 amide bonds. The molecule has 7 heteroatoms. The van der Waals surface area contributed by atoms with Crippen molar-refractivity contribution in [3.63, 3.8) is 0 Å². The molecule has 1 aliphatic heterocycles. The van der Waals surface area contributed by atoms with Crippen molar-refractivity contribution in [2.24, 2.45) is 5.41 Å². The van der Waals surface area contributed by atoms with E-state index in [9.17, 15) is 8.42 Å². The lowest BCUT2D eigenvalue weighted by atomic mass is 9.95. The van der Waals surface area contributed by atoms with Crippen molar-refractivity contribution >= 4 is 10.2 Å². The first-order valence-electron chi connectivity index (χ1n) is 6.57. The van der Waals surface area contributed by atoms with E-state index in [2.05, 4.69) is 4.72 Å². The van der Waals surface area contributed by atoms with Gasteiger partial charge in [0.1, 0.15) is 0 Å². The van der Waals surface area contributed by atoms with Crippen LogP contribution in [0, 0.1) is 5.41 Å². The van der Waals surface area contributed by atoms with Crippen LogP contribution in [-0.4, -0.2) is 59.3 Å². The summed E-state index contributed by atoms with van der Waals surface area (Å²) in [7, 11) is -0.223. The monoisotopic (exact) mass is 294 g/mol. The van der Waals surface area contributed by atoms with E-state index in [0.717, 1.165) is 12.8 Å². The molecular weight excluding hydrogens is 268 g/mol. The molecule has 6 nitrogen and oxygen atoms in total. The van der Waals surface area contributed by atoms with E-state index < -0.39 is 10.2 Å². The maximum atomic E-state index is 12.3. The number of ether oxygens (including phenoxy) is 2. The molecule has 1 atom stereocenters. The Morgan fingerprint density at radius 3 is 2.58 bits per heavy atom. The van der Waals surface area contributed by atoms with Crippen molar-refractivity contribution in [2.45, 2.75) is 32.7 Å². The number of hydrogen-bond donors (Lipinski definition) is 1. The molecule has 0 radical (unpaired) electrons. The van der Waals surface area contributed by atoms with Crippen molar-refractivity contribution in [1.29, 1.82) is 0 Å². The number of nitrogens with zero attached hydrogens (tertiary/aromatic N) is 1. The molecule has 0 aromatic carbocycles. The average molecular weight is 294 g/mol. The van der Waals surface area contributed by atoms with E-state index in [4.69, 9.17) is 9.47 Å². The summed E-state index contributed by atoms with van der Waals surface area (Å²) < 4.78 is 38.9. The molecule has 0 saturated carbocycles. The standard InChI is InChI=1S/C12H26N2O4S/c1-12(2,10-18-4)9-13-19(15,16)14-7-5-6-11(14)8-17-3/h11,13H,5-10H2,1-4H3. The lowest BCUT2D eigenvalue weighted by Gasteiger charge is -2.28. The zero-order valence-electron chi connectivity index (χ0n) is 12.3. The molecule has 0 aromatic heterocycles. The van der Waals surface area contributed by atoms with Crippen LogP contribution in [0.25, 0.3) is 0 Å². The van der Waals surface area contributed by atoms with Gasteiger partial charge in [0.15, 0.2) is 0 Å². The average Bonchev–Trinajstić information content (AvgIpc) is 2.76. The minimum atomic E-state index is -3.44. The van der Waals surface area contributed by atoms with Gasteiger partial charge in [-0.15, -0.1) is 0 Å². The molecule has 0 aliphatic carbocycles. The second-order valence-corrected chi connectivity index (χ2v) is 7.49. The molecule has 19 heavy (non-hydrogen) atoms. The largest absolute Gasteiger partial charge is 0.384 e. The highest BCUT2D eigenvalue weighted by Gasteiger charge is 2.34. The Labute approximate surface area is 116 Å². The maximum absolute atomic E-state index is 12.3. The first kappa shape index (κ1) is 16.8. The summed E-state index contributed by atoms with van der Waals surface area (Å²) in [6.07, 6.45) is 1.74. The second-order valence-electron chi connectivity index (χ2n) is 5.79. The third kappa shape index (κ3) is 5.00. The molecule has 0 bridgehead atoms. The molecule has 1 heterocycles. The van der Waals surface area contributed by atoms with Gasteiger partial charge in [0.05, 0.1) is 13.2 Å². The predicted molar refractivity (Wildman–Crippen MR) is 74.2 cm³/mol. The summed E-state index contributed by atoms with van der Waals surface area (Å²) in [6, 6.07) is -0.0481. The third-order valence-corrected chi connectivity index (χ3v) is 4.87. The Morgan fingerprint density at radius 1 is 1.32 bits per heavy atom. The van der Waals surface area contributed by atoms with Crippen LogP contribution in [0.4, 0.5) is 0 Å². The fourth-order valence-corrected chi connectivity index (χ4v) is 3.96. The summed E-state index contributed by atoms with van der Waals surface area (Å²) in [4.78, 5) is 0. The molecule has 1 unspecified atom stereocenters. The Bertz CT molecular complexity index is 370. The van der Waals surface area contributed by atoms with E-state index >= 15 is 0 Å². The van der Waals surface area contributed by atoms with Crippen LogP contribution in [0.3, 0.4) is 0 Å². The number of methoxy groups -OCH3 is 2. The van der Waals surface area contributed by atoms with Crippen LogP contribution in [-0.2, 0) is 19.7 Å². The third-order valence-electron chi connectivity index (χ3n) is 3.26. The lowest BCUT2D eigenvalue weighted by molar-refractivity contribution is 0.106. The molecule has 1 aliphatic rings. The Morgan fingerprint density at radius 2 is 2.00 bits per heavy atom. The molecule has 114 valence electrons. The SMILES string of the molecule is COCC1CCCN1S(=O)(=O)NCC(C)(C)COC. The van der Waals surface area contributed by atoms with Gasteiger partial charge in [0.25, 0.3) is 10.2 Å². The molecule has 1 fully saturated rings. The van der Waals surface area contributed by atoms with Gasteiger partial charge in [0.2, 0.25) is 0 Å². The van der Waals surface area contributed by atoms with Gasteiger partial charge in [0, 0.05) is 38.8 Å². The first-order chi connectivity index (χ1) is 8.82. The van der Waals surface area contributed by atoms with E-state index in [0.29, 0.717) is 26.3 Å². The van der Waals surface area contributed by atoms with Crippen molar-refractivity contribution in [3.8, 4) is 0 Å². The zero-order valence-corrected chi connectivity index (χ0v) is 13.1. The quantitative estimate of drug-likeness (QED) is 0.712. The first-order valence-corrected chi connectivity index (χ1v) is 8.01. The Hall–Kier alpha value is -0.210. The van der Waals surface area contributed by atoms with Gasteiger partial charge >= 0.3 is 0 Å². The van der Waals surface area contributed by atoms with E-state index in [1.54, 1.807) is 14.2 Å². The van der Waals surface area contributed by atoms with Gasteiger partial charge in [-0.2, -0.15) is 12.7 Å². The van der Waals surface area contributed by atoms with Crippen molar-refractivity contribution in [2.75, 3.05) is 40.5 Å². The highest BCUT2D eigenvalue weighted by atomic mass is 32.2. The molecular formula is C12H26N2O4S. The van der Waals surface area contributed by atoms with E-state index in [1.807, 2.05) is 13.8 Å². The summed E-state index contributed by atoms with van der Waals surface area (Å²) in [5, 5.41) is 0. The smallest absolute Gasteiger partial charge is 0.279 e. The van der Waals surface area contributed by atoms with Crippen LogP contribution in [0.15, 0.2) is 0 Å². The van der Waals surface area contributed by atoms with Crippen molar-refractivity contribution < 1.29 is 17.9 Å². The van der Waals surface area contributed by atoms with Crippen LogP contribution in [0.2, 0.25) is 0 Å². The highest BCUT2D eigenvalue weighted by Crippen LogP contribution is 2.21. The van der Waals surface area contributed by atoms with Crippen molar-refractivity contribution in [1.82, 2.24) is 9.03 Å². The fourth-order valence-electron chi connectivity index (χ4n) is 2.30. The highest BCUT2D eigenvalue weighted by molar-refractivity contribution is 7.87. The summed E-state index contributed by atoms with van der Waals surface area (Å²) in [5.74, 6) is 0. The molecule has 1 rings (SSSR count). The van der Waals surface area contributed by atoms with Gasteiger partial charge in [-0.1, -0.05) is 13.8 Å². The maximum Gasteiger partial charge on any atom is 0.279 e. The summed E-state index contributed by atoms with van der Waals surface area (Å²) >= 11 is 0. The molecule has 0 spiro atoms. The lowest BCUT2D eigenvalue weighted by Crippen LogP contribution is -2.47. The molecule has 1 saturated heterocycles. The number of hydrogen-bond acceptors (Lipinski definition) is 4. The van der Waals surface area contributed by atoms with Crippen LogP contribution < -0.4 is 4.72 Å². The summed E-state index contributed by atoms with van der Waals surface area (Å²) in [6.45, 7) is 5.82. The Kier molecular flexibility index (Phi) is 6.19.